The summed E-state index contributed by atoms with van der Waals surface area (Å²) in [5.41, 5.74) is 4.61. The molecule has 0 spiro atoms. The summed E-state index contributed by atoms with van der Waals surface area (Å²) in [4.78, 5) is 7.79. The molecule has 0 aliphatic carbocycles. The number of benzene rings is 2. The van der Waals surface area contributed by atoms with E-state index in [-0.39, 0.29) is 6.61 Å². The lowest BCUT2D eigenvalue weighted by Crippen LogP contribution is -1.87. The summed E-state index contributed by atoms with van der Waals surface area (Å²) in [5.74, 6) is 0.663. The number of aliphatic hydroxyl groups excluding tert-OH is 1. The Morgan fingerprint density at radius 2 is 1.90 bits per heavy atom. The maximum Gasteiger partial charge on any atom is 0.166 e. The van der Waals surface area contributed by atoms with Gasteiger partial charge in [0, 0.05) is 5.75 Å². The summed E-state index contributed by atoms with van der Waals surface area (Å²) in [7, 11) is 0. The van der Waals surface area contributed by atoms with Gasteiger partial charge in [-0.25, -0.2) is 4.98 Å². The summed E-state index contributed by atoms with van der Waals surface area (Å²) in [6.45, 7) is 0.168. The molecule has 0 bridgehead atoms. The third-order valence-electron chi connectivity index (χ3n) is 3.11. The molecule has 20 heavy (non-hydrogen) atoms. The number of nitrogens with zero attached hydrogens (tertiary/aromatic N) is 1. The van der Waals surface area contributed by atoms with E-state index in [1.807, 2.05) is 12.1 Å². The molecule has 2 N–H and O–H groups in total. The van der Waals surface area contributed by atoms with Crippen molar-refractivity contribution in [3.63, 3.8) is 0 Å². The molecular formula is C16H16N2OS. The van der Waals surface area contributed by atoms with Gasteiger partial charge in [-0.3, -0.25) is 0 Å². The zero-order chi connectivity index (χ0) is 13.8. The Morgan fingerprint density at radius 1 is 1.05 bits per heavy atom. The van der Waals surface area contributed by atoms with Crippen LogP contribution in [0.25, 0.3) is 11.0 Å². The fourth-order valence-electron chi connectivity index (χ4n) is 2.19. The molecule has 0 saturated heterocycles. The van der Waals surface area contributed by atoms with Crippen LogP contribution in [0, 0.1) is 0 Å². The minimum Gasteiger partial charge on any atom is -0.396 e. The zero-order valence-corrected chi connectivity index (χ0v) is 11.9. The van der Waals surface area contributed by atoms with Gasteiger partial charge in [-0.15, -0.1) is 0 Å². The van der Waals surface area contributed by atoms with Crippen LogP contribution in [-0.2, 0) is 6.42 Å². The van der Waals surface area contributed by atoms with Gasteiger partial charge in [0.2, 0.25) is 0 Å². The largest absolute Gasteiger partial charge is 0.396 e. The van der Waals surface area contributed by atoms with Crippen molar-refractivity contribution in [3.05, 3.63) is 59.7 Å². The number of aromatic amines is 1. The quantitative estimate of drug-likeness (QED) is 0.707. The first-order valence-corrected chi connectivity index (χ1v) is 7.60. The molecule has 3 aromatic rings. The van der Waals surface area contributed by atoms with Crippen molar-refractivity contribution in [2.24, 2.45) is 0 Å². The Bertz CT molecular complexity index is 694. The summed E-state index contributed by atoms with van der Waals surface area (Å²) >= 11 is 1.54. The van der Waals surface area contributed by atoms with E-state index in [1.54, 1.807) is 0 Å². The summed E-state index contributed by atoms with van der Waals surface area (Å²) in [6.07, 6.45) is 0.926. The number of aliphatic hydroxyl groups is 1. The number of nitrogens with one attached hydrogen (secondary N) is 1. The van der Waals surface area contributed by atoms with Gasteiger partial charge in [0.15, 0.2) is 5.16 Å². The van der Waals surface area contributed by atoms with E-state index in [0.29, 0.717) is 5.75 Å². The van der Waals surface area contributed by atoms with Crippen molar-refractivity contribution in [2.45, 2.75) is 11.6 Å². The molecule has 0 aliphatic rings. The number of imidazole rings is 1. The van der Waals surface area contributed by atoms with Gasteiger partial charge < -0.3 is 10.1 Å². The second kappa shape index (κ2) is 6.11. The lowest BCUT2D eigenvalue weighted by molar-refractivity contribution is 0.322. The molecule has 0 atom stereocenters. The van der Waals surface area contributed by atoms with Crippen LogP contribution in [0.5, 0.6) is 0 Å². The molecule has 102 valence electrons. The highest BCUT2D eigenvalue weighted by molar-refractivity contribution is 7.99. The van der Waals surface area contributed by atoms with Crippen molar-refractivity contribution in [1.82, 2.24) is 9.97 Å². The molecule has 3 rings (SSSR count). The van der Waals surface area contributed by atoms with Crippen LogP contribution >= 0.6 is 11.8 Å². The van der Waals surface area contributed by atoms with Gasteiger partial charge in [-0.2, -0.15) is 0 Å². The molecule has 3 nitrogen and oxygen atoms in total. The second-order valence-corrected chi connectivity index (χ2v) is 5.71. The molecule has 0 unspecified atom stereocenters. The summed E-state index contributed by atoms with van der Waals surface area (Å²) in [5, 5.41) is 9.71. The molecule has 1 heterocycles. The van der Waals surface area contributed by atoms with Crippen molar-refractivity contribution in [3.8, 4) is 0 Å². The molecule has 0 saturated carbocycles. The van der Waals surface area contributed by atoms with Crippen molar-refractivity contribution in [2.75, 3.05) is 12.4 Å². The Hall–Kier alpha value is -1.78. The third-order valence-corrected chi connectivity index (χ3v) is 3.96. The second-order valence-electron chi connectivity index (χ2n) is 4.63. The van der Waals surface area contributed by atoms with Gasteiger partial charge in [0.05, 0.1) is 17.6 Å². The molecule has 0 radical (unpaired) electrons. The summed E-state index contributed by atoms with van der Waals surface area (Å²) in [6, 6.07) is 16.8. The van der Waals surface area contributed by atoms with E-state index in [9.17, 15) is 0 Å². The molecule has 0 amide bonds. The summed E-state index contributed by atoms with van der Waals surface area (Å²) < 4.78 is 0. The molecule has 1 aromatic heterocycles. The van der Waals surface area contributed by atoms with E-state index in [2.05, 4.69) is 46.4 Å². The normalized spacial score (nSPS) is 11.1. The Labute approximate surface area is 122 Å². The van der Waals surface area contributed by atoms with Gasteiger partial charge in [0.25, 0.3) is 0 Å². The van der Waals surface area contributed by atoms with Crippen LogP contribution in [0.1, 0.15) is 11.1 Å². The molecule has 0 aliphatic heterocycles. The number of fused-ring (bicyclic) bond motifs is 1. The number of thioether (sulfide) groups is 1. The van der Waals surface area contributed by atoms with E-state index < -0.39 is 0 Å². The highest BCUT2D eigenvalue weighted by atomic mass is 32.2. The number of hydrogen-bond acceptors (Lipinski definition) is 3. The highest BCUT2D eigenvalue weighted by Crippen LogP contribution is 2.21. The Balaban J connectivity index is 1.83. The van der Waals surface area contributed by atoms with Crippen LogP contribution in [-0.4, -0.2) is 27.4 Å². The molecular weight excluding hydrogens is 268 g/mol. The average molecular weight is 284 g/mol. The SMILES string of the molecule is OCCSc1nc2ccc(Cc3ccccc3)cc2[nH]1. The average Bonchev–Trinajstić information content (AvgIpc) is 2.88. The molecule has 0 fully saturated rings. The standard InChI is InChI=1S/C16H16N2OS/c19-8-9-20-16-17-14-7-6-13(11-15(14)18-16)10-12-4-2-1-3-5-12/h1-7,11,19H,8-10H2,(H,17,18). The first-order valence-electron chi connectivity index (χ1n) is 6.61. The molecule has 4 heteroatoms. The van der Waals surface area contributed by atoms with E-state index in [4.69, 9.17) is 5.11 Å². The van der Waals surface area contributed by atoms with Gasteiger partial charge >= 0.3 is 0 Å². The highest BCUT2D eigenvalue weighted by Gasteiger charge is 2.04. The predicted octanol–water partition coefficient (Wildman–Crippen LogP) is 3.24. The zero-order valence-electron chi connectivity index (χ0n) is 11.0. The molecule has 2 aromatic carbocycles. The van der Waals surface area contributed by atoms with Crippen molar-refractivity contribution < 1.29 is 5.11 Å². The number of hydrogen-bond donors (Lipinski definition) is 2. The first kappa shape index (κ1) is 13.2. The van der Waals surface area contributed by atoms with Gasteiger partial charge in [-0.1, -0.05) is 48.2 Å². The van der Waals surface area contributed by atoms with Crippen LogP contribution < -0.4 is 0 Å². The van der Waals surface area contributed by atoms with Gasteiger partial charge in [-0.05, 0) is 29.7 Å². The van der Waals surface area contributed by atoms with Crippen LogP contribution in [0.4, 0.5) is 0 Å². The fourth-order valence-corrected chi connectivity index (χ4v) is 2.82. The monoisotopic (exact) mass is 284 g/mol. The Morgan fingerprint density at radius 3 is 2.70 bits per heavy atom. The van der Waals surface area contributed by atoms with Crippen LogP contribution in [0.15, 0.2) is 53.7 Å². The Kier molecular flexibility index (Phi) is 4.04. The maximum atomic E-state index is 8.85. The van der Waals surface area contributed by atoms with E-state index in [0.717, 1.165) is 22.6 Å². The smallest absolute Gasteiger partial charge is 0.166 e. The van der Waals surface area contributed by atoms with Crippen LogP contribution in [0.3, 0.4) is 0 Å². The van der Waals surface area contributed by atoms with E-state index >= 15 is 0 Å². The number of rotatable bonds is 5. The first-order chi connectivity index (χ1) is 9.85. The predicted molar refractivity (Wildman–Crippen MR) is 83.2 cm³/mol. The van der Waals surface area contributed by atoms with Crippen LogP contribution in [0.2, 0.25) is 0 Å². The number of aromatic nitrogens is 2. The minimum absolute atomic E-state index is 0.168. The lowest BCUT2D eigenvalue weighted by Gasteiger charge is -2.01. The van der Waals surface area contributed by atoms with Crippen molar-refractivity contribution in [1.29, 1.82) is 0 Å². The number of H-pyrrole nitrogens is 1. The topological polar surface area (TPSA) is 48.9 Å². The van der Waals surface area contributed by atoms with Crippen molar-refractivity contribution >= 4 is 22.8 Å². The van der Waals surface area contributed by atoms with Gasteiger partial charge in [0.1, 0.15) is 0 Å². The van der Waals surface area contributed by atoms with E-state index in [1.165, 1.54) is 22.9 Å². The third kappa shape index (κ3) is 3.03. The lowest BCUT2D eigenvalue weighted by atomic mass is 10.0. The maximum absolute atomic E-state index is 8.85. The minimum atomic E-state index is 0.168. The fraction of sp³-hybridized carbons (Fsp3) is 0.188.